The van der Waals surface area contributed by atoms with Crippen LogP contribution in [0.4, 0.5) is 5.82 Å². The van der Waals surface area contributed by atoms with Crippen molar-refractivity contribution in [2.75, 3.05) is 5.73 Å². The summed E-state index contributed by atoms with van der Waals surface area (Å²) in [6.45, 7) is 12.2. The molecule has 0 bridgehead atoms. The standard InChI is InChI=1S/C16H25BN2O2/c1-7-12-10-13(11(2)19-14(12)18)8-9-17-20-15(3,4)16(5,6)21-17/h8-10H,7H2,1-6H3,(H2,18,19)/b9-8+. The van der Waals surface area contributed by atoms with Crippen molar-refractivity contribution in [2.24, 2.45) is 0 Å². The van der Waals surface area contributed by atoms with Crippen LogP contribution in [0.1, 0.15) is 51.4 Å². The van der Waals surface area contributed by atoms with Crippen molar-refractivity contribution in [3.63, 3.8) is 0 Å². The maximum absolute atomic E-state index is 5.95. The first-order chi connectivity index (χ1) is 9.66. The van der Waals surface area contributed by atoms with Gasteiger partial charge in [-0.3, -0.25) is 0 Å². The van der Waals surface area contributed by atoms with Crippen LogP contribution in [0.3, 0.4) is 0 Å². The fourth-order valence-corrected chi connectivity index (χ4v) is 2.28. The number of hydrogen-bond acceptors (Lipinski definition) is 4. The molecule has 1 aromatic rings. The zero-order chi connectivity index (χ0) is 15.8. The van der Waals surface area contributed by atoms with Crippen LogP contribution in [0.5, 0.6) is 0 Å². The number of hydrogen-bond donors (Lipinski definition) is 1. The van der Waals surface area contributed by atoms with E-state index in [0.29, 0.717) is 5.82 Å². The Bertz CT molecular complexity index is 552. The van der Waals surface area contributed by atoms with Crippen LogP contribution in [0.25, 0.3) is 6.08 Å². The van der Waals surface area contributed by atoms with E-state index in [9.17, 15) is 0 Å². The Hall–Kier alpha value is -1.33. The van der Waals surface area contributed by atoms with Crippen LogP contribution >= 0.6 is 0 Å². The average Bonchev–Trinajstić information content (AvgIpc) is 2.57. The maximum Gasteiger partial charge on any atom is 0.487 e. The van der Waals surface area contributed by atoms with Crippen molar-refractivity contribution in [2.45, 2.75) is 59.2 Å². The van der Waals surface area contributed by atoms with Gasteiger partial charge in [0.1, 0.15) is 5.82 Å². The highest BCUT2D eigenvalue weighted by atomic mass is 16.7. The number of nitrogens with two attached hydrogens (primary N) is 1. The van der Waals surface area contributed by atoms with Crippen molar-refractivity contribution in [3.8, 4) is 0 Å². The molecule has 0 saturated carbocycles. The summed E-state index contributed by atoms with van der Waals surface area (Å²) < 4.78 is 11.9. The second-order valence-corrected chi connectivity index (χ2v) is 6.54. The lowest BCUT2D eigenvalue weighted by atomic mass is 9.89. The second-order valence-electron chi connectivity index (χ2n) is 6.54. The topological polar surface area (TPSA) is 57.4 Å². The third kappa shape index (κ3) is 3.14. The molecular weight excluding hydrogens is 263 g/mol. The van der Waals surface area contributed by atoms with E-state index >= 15 is 0 Å². The van der Waals surface area contributed by atoms with Crippen molar-refractivity contribution in [1.82, 2.24) is 4.98 Å². The van der Waals surface area contributed by atoms with Gasteiger partial charge in [-0.15, -0.1) is 0 Å². The summed E-state index contributed by atoms with van der Waals surface area (Å²) in [4.78, 5) is 4.39. The van der Waals surface area contributed by atoms with Gasteiger partial charge in [0, 0.05) is 5.69 Å². The van der Waals surface area contributed by atoms with Crippen molar-refractivity contribution < 1.29 is 9.31 Å². The summed E-state index contributed by atoms with van der Waals surface area (Å²) in [6.07, 6.45) is 2.87. The number of anilines is 1. The molecule has 2 heterocycles. The molecule has 0 aromatic carbocycles. The number of rotatable bonds is 3. The minimum atomic E-state index is -0.336. The van der Waals surface area contributed by atoms with E-state index < -0.39 is 0 Å². The van der Waals surface area contributed by atoms with Gasteiger partial charge in [0.15, 0.2) is 0 Å². The Morgan fingerprint density at radius 2 is 1.81 bits per heavy atom. The molecule has 2 N–H and O–H groups in total. The molecule has 1 saturated heterocycles. The molecular formula is C16H25BN2O2. The van der Waals surface area contributed by atoms with Gasteiger partial charge in [-0.05, 0) is 58.2 Å². The quantitative estimate of drug-likeness (QED) is 0.868. The summed E-state index contributed by atoms with van der Waals surface area (Å²) >= 11 is 0. The van der Waals surface area contributed by atoms with Crippen LogP contribution < -0.4 is 5.73 Å². The molecule has 0 aliphatic carbocycles. The number of nitrogens with zero attached hydrogens (tertiary/aromatic N) is 1. The third-order valence-electron chi connectivity index (χ3n) is 4.45. The van der Waals surface area contributed by atoms with Gasteiger partial charge in [-0.1, -0.05) is 19.0 Å². The first kappa shape index (κ1) is 16.1. The van der Waals surface area contributed by atoms with Gasteiger partial charge >= 0.3 is 7.12 Å². The Morgan fingerprint density at radius 1 is 1.24 bits per heavy atom. The van der Waals surface area contributed by atoms with Crippen molar-refractivity contribution in [1.29, 1.82) is 0 Å². The number of aryl methyl sites for hydroxylation is 2. The SMILES string of the molecule is CCc1cc(/C=C/B2OC(C)(C)C(C)(C)O2)c(C)nc1N. The summed E-state index contributed by atoms with van der Waals surface area (Å²) in [5.74, 6) is 2.55. The first-order valence-corrected chi connectivity index (χ1v) is 7.46. The lowest BCUT2D eigenvalue weighted by Gasteiger charge is -2.32. The van der Waals surface area contributed by atoms with Gasteiger partial charge in [0.05, 0.1) is 11.2 Å². The molecule has 1 aliphatic rings. The minimum absolute atomic E-state index is 0.314. The summed E-state index contributed by atoms with van der Waals surface area (Å²) in [5, 5.41) is 0. The van der Waals surface area contributed by atoms with Crippen molar-refractivity contribution in [3.05, 3.63) is 28.9 Å². The molecule has 0 unspecified atom stereocenters. The molecule has 1 aliphatic heterocycles. The van der Waals surface area contributed by atoms with Crippen LogP contribution in [-0.4, -0.2) is 23.3 Å². The van der Waals surface area contributed by atoms with E-state index in [0.717, 1.165) is 23.2 Å². The molecule has 0 atom stereocenters. The Morgan fingerprint density at radius 3 is 2.33 bits per heavy atom. The Kier molecular flexibility index (Phi) is 4.18. The van der Waals surface area contributed by atoms with Gasteiger partial charge in [-0.25, -0.2) is 4.98 Å². The van der Waals surface area contributed by atoms with Crippen LogP contribution in [0.15, 0.2) is 12.0 Å². The third-order valence-corrected chi connectivity index (χ3v) is 4.45. The monoisotopic (exact) mass is 288 g/mol. The molecule has 0 spiro atoms. The number of aromatic nitrogens is 1. The van der Waals surface area contributed by atoms with E-state index in [1.165, 1.54) is 0 Å². The normalized spacial score (nSPS) is 20.4. The Labute approximate surface area is 127 Å². The lowest BCUT2D eigenvalue weighted by molar-refractivity contribution is 0.00578. The summed E-state index contributed by atoms with van der Waals surface area (Å²) in [5.41, 5.74) is 8.31. The molecule has 4 nitrogen and oxygen atoms in total. The van der Waals surface area contributed by atoms with Crippen LogP contribution in [0.2, 0.25) is 0 Å². The smallest absolute Gasteiger partial charge is 0.400 e. The van der Waals surface area contributed by atoms with Gasteiger partial charge in [-0.2, -0.15) is 0 Å². The molecule has 5 heteroatoms. The predicted octanol–water partition coefficient (Wildman–Crippen LogP) is 3.18. The number of nitrogen functional groups attached to an aromatic ring is 1. The molecule has 0 amide bonds. The second kappa shape index (κ2) is 5.46. The number of pyridine rings is 1. The Balaban J connectivity index is 2.20. The zero-order valence-electron chi connectivity index (χ0n) is 13.9. The minimum Gasteiger partial charge on any atom is -0.400 e. The van der Waals surface area contributed by atoms with Gasteiger partial charge in [0.2, 0.25) is 0 Å². The van der Waals surface area contributed by atoms with Gasteiger partial charge < -0.3 is 15.0 Å². The van der Waals surface area contributed by atoms with Crippen LogP contribution in [0, 0.1) is 6.92 Å². The molecule has 114 valence electrons. The van der Waals surface area contributed by atoms with E-state index in [1.54, 1.807) is 0 Å². The molecule has 0 radical (unpaired) electrons. The van der Waals surface area contributed by atoms with E-state index in [-0.39, 0.29) is 18.3 Å². The largest absolute Gasteiger partial charge is 0.487 e. The predicted molar refractivity (Wildman–Crippen MR) is 87.9 cm³/mol. The van der Waals surface area contributed by atoms with E-state index in [2.05, 4.69) is 18.0 Å². The van der Waals surface area contributed by atoms with Gasteiger partial charge in [0.25, 0.3) is 0 Å². The maximum atomic E-state index is 5.95. The van der Waals surface area contributed by atoms with E-state index in [1.807, 2.05) is 46.7 Å². The summed E-state index contributed by atoms with van der Waals surface area (Å²) in [7, 11) is -0.336. The zero-order valence-corrected chi connectivity index (χ0v) is 13.9. The van der Waals surface area contributed by atoms with Crippen molar-refractivity contribution >= 4 is 19.0 Å². The average molecular weight is 288 g/mol. The van der Waals surface area contributed by atoms with Crippen LogP contribution in [-0.2, 0) is 15.7 Å². The molecule has 21 heavy (non-hydrogen) atoms. The summed E-state index contributed by atoms with van der Waals surface area (Å²) in [6, 6.07) is 2.08. The molecule has 1 fully saturated rings. The van der Waals surface area contributed by atoms with E-state index in [4.69, 9.17) is 15.0 Å². The fraction of sp³-hybridized carbons (Fsp3) is 0.562. The fourth-order valence-electron chi connectivity index (χ4n) is 2.28. The highest BCUT2D eigenvalue weighted by Gasteiger charge is 2.49. The molecule has 2 rings (SSSR count). The highest BCUT2D eigenvalue weighted by Crippen LogP contribution is 2.37. The highest BCUT2D eigenvalue weighted by molar-refractivity contribution is 6.52. The molecule has 1 aromatic heterocycles. The first-order valence-electron chi connectivity index (χ1n) is 7.46. The lowest BCUT2D eigenvalue weighted by Crippen LogP contribution is -2.41.